The highest BCUT2D eigenvalue weighted by atomic mass is 16.5. The van der Waals surface area contributed by atoms with Crippen LogP contribution in [-0.4, -0.2) is 25.2 Å². The van der Waals surface area contributed by atoms with Crippen molar-refractivity contribution >= 4 is 5.97 Å². The molecule has 1 aliphatic rings. The highest BCUT2D eigenvalue weighted by Gasteiger charge is 2.34. The van der Waals surface area contributed by atoms with Crippen LogP contribution in [0, 0.1) is 0 Å². The van der Waals surface area contributed by atoms with Crippen molar-refractivity contribution in [2.45, 2.75) is 38.6 Å². The van der Waals surface area contributed by atoms with Gasteiger partial charge >= 0.3 is 5.97 Å². The number of rotatable bonds is 5. The Morgan fingerprint density at radius 3 is 2.84 bits per heavy atom. The molecule has 0 saturated heterocycles. The predicted molar refractivity (Wildman–Crippen MR) is 73.3 cm³/mol. The van der Waals surface area contributed by atoms with E-state index in [-0.39, 0.29) is 17.9 Å². The molecule has 2 N–H and O–H groups in total. The molecule has 19 heavy (non-hydrogen) atoms. The third-order valence-corrected chi connectivity index (χ3v) is 3.49. The second kappa shape index (κ2) is 6.06. The average Bonchev–Trinajstić information content (AvgIpc) is 2.68. The van der Waals surface area contributed by atoms with Crippen LogP contribution in [-0.2, 0) is 16.0 Å². The molecule has 0 aliphatic heterocycles. The molecule has 0 saturated carbocycles. The van der Waals surface area contributed by atoms with E-state index in [0.717, 1.165) is 17.7 Å². The summed E-state index contributed by atoms with van der Waals surface area (Å²) in [6, 6.07) is 5.94. The van der Waals surface area contributed by atoms with Gasteiger partial charge in [-0.2, -0.15) is 0 Å². The third kappa shape index (κ3) is 2.89. The Kier molecular flexibility index (Phi) is 4.43. The van der Waals surface area contributed by atoms with Gasteiger partial charge in [-0.15, -0.1) is 0 Å². The summed E-state index contributed by atoms with van der Waals surface area (Å²) in [7, 11) is 0. The normalized spacial score (nSPS) is 21.0. The van der Waals surface area contributed by atoms with Crippen LogP contribution in [0.5, 0.6) is 5.75 Å². The summed E-state index contributed by atoms with van der Waals surface area (Å²) in [5.41, 5.74) is 8.45. The van der Waals surface area contributed by atoms with Gasteiger partial charge in [-0.05, 0) is 31.9 Å². The van der Waals surface area contributed by atoms with Crippen molar-refractivity contribution in [2.24, 2.45) is 5.73 Å². The summed E-state index contributed by atoms with van der Waals surface area (Å²) in [6.07, 6.45) is 1.12. The van der Waals surface area contributed by atoms with Gasteiger partial charge in [0.2, 0.25) is 0 Å². The van der Waals surface area contributed by atoms with E-state index in [0.29, 0.717) is 19.6 Å². The molecule has 0 bridgehead atoms. The summed E-state index contributed by atoms with van der Waals surface area (Å²) in [4.78, 5) is 11.7. The number of benzene rings is 1. The van der Waals surface area contributed by atoms with Crippen LogP contribution in [0.1, 0.15) is 37.3 Å². The van der Waals surface area contributed by atoms with Crippen LogP contribution in [0.3, 0.4) is 0 Å². The molecule has 0 fully saturated rings. The second-order valence-electron chi connectivity index (χ2n) is 4.75. The van der Waals surface area contributed by atoms with Crippen LogP contribution >= 0.6 is 0 Å². The van der Waals surface area contributed by atoms with Gasteiger partial charge in [-0.3, -0.25) is 4.79 Å². The molecule has 0 radical (unpaired) electrons. The zero-order valence-corrected chi connectivity index (χ0v) is 11.5. The van der Waals surface area contributed by atoms with Gasteiger partial charge in [0.25, 0.3) is 0 Å². The molecule has 1 aliphatic carbocycles. The standard InChI is InChI=1S/C15H21NO3/c1-3-18-13-7-5-6-10-8-12(16)11(15(10)13)9-14(17)19-4-2/h5-7,11-12H,3-4,8-9,16H2,1-2H3. The zero-order valence-electron chi connectivity index (χ0n) is 11.5. The molecule has 1 aromatic carbocycles. The Bertz CT molecular complexity index is 459. The molecule has 0 aromatic heterocycles. The summed E-state index contributed by atoms with van der Waals surface area (Å²) in [5, 5.41) is 0. The minimum atomic E-state index is -0.192. The van der Waals surface area contributed by atoms with Crippen LogP contribution in [0.25, 0.3) is 0 Å². The molecular formula is C15H21NO3. The third-order valence-electron chi connectivity index (χ3n) is 3.49. The van der Waals surface area contributed by atoms with E-state index in [4.69, 9.17) is 15.2 Å². The topological polar surface area (TPSA) is 61.5 Å². The van der Waals surface area contributed by atoms with Crippen molar-refractivity contribution in [1.29, 1.82) is 0 Å². The van der Waals surface area contributed by atoms with E-state index >= 15 is 0 Å². The van der Waals surface area contributed by atoms with Gasteiger partial charge in [-0.1, -0.05) is 12.1 Å². The maximum atomic E-state index is 11.7. The number of carbonyl (C=O) groups is 1. The molecule has 104 valence electrons. The van der Waals surface area contributed by atoms with Crippen LogP contribution in [0.4, 0.5) is 0 Å². The van der Waals surface area contributed by atoms with Gasteiger partial charge in [0.15, 0.2) is 0 Å². The fraction of sp³-hybridized carbons (Fsp3) is 0.533. The number of hydrogen-bond donors (Lipinski definition) is 1. The summed E-state index contributed by atoms with van der Waals surface area (Å²) in [5.74, 6) is 0.654. The van der Waals surface area contributed by atoms with Crippen molar-refractivity contribution in [3.63, 3.8) is 0 Å². The lowest BCUT2D eigenvalue weighted by Crippen LogP contribution is -2.27. The zero-order chi connectivity index (χ0) is 13.8. The molecule has 0 heterocycles. The van der Waals surface area contributed by atoms with Crippen molar-refractivity contribution in [3.05, 3.63) is 29.3 Å². The Hall–Kier alpha value is -1.55. The highest BCUT2D eigenvalue weighted by Crippen LogP contribution is 2.40. The van der Waals surface area contributed by atoms with Crippen LogP contribution in [0.2, 0.25) is 0 Å². The molecule has 0 spiro atoms. The molecule has 4 heteroatoms. The Labute approximate surface area is 113 Å². The lowest BCUT2D eigenvalue weighted by Gasteiger charge is -2.18. The van der Waals surface area contributed by atoms with Gasteiger partial charge in [0.1, 0.15) is 5.75 Å². The van der Waals surface area contributed by atoms with Gasteiger partial charge in [-0.25, -0.2) is 0 Å². The molecule has 4 nitrogen and oxygen atoms in total. The van der Waals surface area contributed by atoms with Gasteiger partial charge in [0.05, 0.1) is 19.6 Å². The smallest absolute Gasteiger partial charge is 0.306 e. The molecule has 2 rings (SSSR count). The van der Waals surface area contributed by atoms with Crippen LogP contribution in [0.15, 0.2) is 18.2 Å². The first-order valence-electron chi connectivity index (χ1n) is 6.83. The van der Waals surface area contributed by atoms with E-state index in [1.165, 1.54) is 5.56 Å². The molecule has 2 unspecified atom stereocenters. The maximum Gasteiger partial charge on any atom is 0.306 e. The Morgan fingerprint density at radius 2 is 2.16 bits per heavy atom. The van der Waals surface area contributed by atoms with Gasteiger partial charge in [0, 0.05) is 17.5 Å². The van der Waals surface area contributed by atoms with Gasteiger partial charge < -0.3 is 15.2 Å². The lowest BCUT2D eigenvalue weighted by molar-refractivity contribution is -0.143. The predicted octanol–water partition coefficient (Wildman–Crippen LogP) is 2.01. The van der Waals surface area contributed by atoms with E-state index in [2.05, 4.69) is 6.07 Å². The SMILES string of the molecule is CCOC(=O)CC1c2c(cccc2OCC)CC1N. The summed E-state index contributed by atoms with van der Waals surface area (Å²) in [6.45, 7) is 4.78. The molecule has 1 aromatic rings. The van der Waals surface area contributed by atoms with E-state index in [1.54, 1.807) is 0 Å². The van der Waals surface area contributed by atoms with E-state index < -0.39 is 0 Å². The van der Waals surface area contributed by atoms with E-state index in [1.807, 2.05) is 26.0 Å². The first-order chi connectivity index (χ1) is 9.17. The fourth-order valence-electron chi connectivity index (χ4n) is 2.73. The molecular weight excluding hydrogens is 242 g/mol. The average molecular weight is 263 g/mol. The van der Waals surface area contributed by atoms with Crippen molar-refractivity contribution in [1.82, 2.24) is 0 Å². The Balaban J connectivity index is 2.25. The van der Waals surface area contributed by atoms with Crippen molar-refractivity contribution in [3.8, 4) is 5.75 Å². The first-order valence-corrected chi connectivity index (χ1v) is 6.83. The number of hydrogen-bond acceptors (Lipinski definition) is 4. The number of carbonyl (C=O) groups excluding carboxylic acids is 1. The lowest BCUT2D eigenvalue weighted by atomic mass is 9.94. The number of nitrogens with two attached hydrogens (primary N) is 1. The monoisotopic (exact) mass is 263 g/mol. The quantitative estimate of drug-likeness (QED) is 0.825. The van der Waals surface area contributed by atoms with Crippen LogP contribution < -0.4 is 10.5 Å². The summed E-state index contributed by atoms with van der Waals surface area (Å²) < 4.78 is 10.7. The highest BCUT2D eigenvalue weighted by molar-refractivity contribution is 5.71. The number of esters is 1. The maximum absolute atomic E-state index is 11.7. The molecule has 2 atom stereocenters. The van der Waals surface area contributed by atoms with Crippen molar-refractivity contribution in [2.75, 3.05) is 13.2 Å². The van der Waals surface area contributed by atoms with E-state index in [9.17, 15) is 4.79 Å². The molecule has 0 amide bonds. The number of fused-ring (bicyclic) bond motifs is 1. The summed E-state index contributed by atoms with van der Waals surface area (Å²) >= 11 is 0. The minimum Gasteiger partial charge on any atom is -0.494 e. The first kappa shape index (κ1) is 13.9. The number of ether oxygens (including phenoxy) is 2. The minimum absolute atomic E-state index is 0.00296. The van der Waals surface area contributed by atoms with Crippen molar-refractivity contribution < 1.29 is 14.3 Å². The second-order valence-corrected chi connectivity index (χ2v) is 4.75. The fourth-order valence-corrected chi connectivity index (χ4v) is 2.73. The largest absolute Gasteiger partial charge is 0.494 e. The Morgan fingerprint density at radius 1 is 1.37 bits per heavy atom.